The van der Waals surface area contributed by atoms with Crippen LogP contribution in [0.2, 0.25) is 0 Å². The number of hydrogen-bond donors (Lipinski definition) is 0. The summed E-state index contributed by atoms with van der Waals surface area (Å²) in [5.41, 5.74) is 2.49. The van der Waals surface area contributed by atoms with Crippen molar-refractivity contribution >= 4 is 15.7 Å². The van der Waals surface area contributed by atoms with E-state index >= 15 is 0 Å². The lowest BCUT2D eigenvalue weighted by Gasteiger charge is -2.17. The maximum absolute atomic E-state index is 12.8. The molecule has 0 atom stereocenters. The van der Waals surface area contributed by atoms with Gasteiger partial charge in [0.25, 0.3) is 5.91 Å². The molecule has 0 saturated carbocycles. The zero-order valence-electron chi connectivity index (χ0n) is 15.3. The maximum Gasteiger partial charge on any atom is 0.289 e. The number of rotatable bonds is 6. The molecule has 0 radical (unpaired) electrons. The van der Waals surface area contributed by atoms with E-state index in [2.05, 4.69) is 0 Å². The van der Waals surface area contributed by atoms with E-state index in [0.717, 1.165) is 11.1 Å². The largest absolute Gasteiger partial charge is 0.459 e. The lowest BCUT2D eigenvalue weighted by atomic mass is 10.1. The molecule has 3 rings (SSSR count). The van der Waals surface area contributed by atoms with Crippen LogP contribution in [-0.4, -0.2) is 26.3 Å². The van der Waals surface area contributed by atoms with E-state index < -0.39 is 9.84 Å². The van der Waals surface area contributed by atoms with Gasteiger partial charge in [-0.05, 0) is 30.7 Å². The van der Waals surface area contributed by atoms with E-state index in [0.29, 0.717) is 12.1 Å². The molecule has 0 bridgehead atoms. The molecule has 140 valence electrons. The Hall–Kier alpha value is -2.86. The molecule has 0 aliphatic heterocycles. The fourth-order valence-corrected chi connectivity index (χ4v) is 4.14. The molecule has 0 N–H and O–H groups in total. The van der Waals surface area contributed by atoms with Gasteiger partial charge in [0.15, 0.2) is 15.6 Å². The molecule has 1 heterocycles. The van der Waals surface area contributed by atoms with Crippen LogP contribution >= 0.6 is 0 Å². The fourth-order valence-electron chi connectivity index (χ4n) is 2.77. The summed E-state index contributed by atoms with van der Waals surface area (Å²) in [7, 11) is -1.89. The number of aryl methyl sites for hydroxylation is 1. The highest BCUT2D eigenvalue weighted by atomic mass is 32.2. The second-order valence-electron chi connectivity index (χ2n) is 6.49. The topological polar surface area (TPSA) is 67.6 Å². The molecule has 1 amide bonds. The Morgan fingerprint density at radius 1 is 1.00 bits per heavy atom. The Balaban J connectivity index is 1.77. The number of nitrogens with zero attached hydrogens (tertiary/aromatic N) is 1. The Labute approximate surface area is 159 Å². The lowest BCUT2D eigenvalue weighted by Crippen LogP contribution is -2.27. The van der Waals surface area contributed by atoms with Gasteiger partial charge in [-0.2, -0.15) is 0 Å². The molecule has 2 aromatic carbocycles. The minimum absolute atomic E-state index is 0.0594. The van der Waals surface area contributed by atoms with Crippen molar-refractivity contribution in [2.75, 3.05) is 7.05 Å². The van der Waals surface area contributed by atoms with E-state index in [1.807, 2.05) is 31.2 Å². The van der Waals surface area contributed by atoms with Crippen molar-refractivity contribution in [1.82, 2.24) is 4.90 Å². The van der Waals surface area contributed by atoms with Gasteiger partial charge >= 0.3 is 0 Å². The number of sulfone groups is 1. The van der Waals surface area contributed by atoms with Gasteiger partial charge in [-0.1, -0.05) is 48.0 Å². The van der Waals surface area contributed by atoms with Crippen molar-refractivity contribution in [3.63, 3.8) is 0 Å². The van der Waals surface area contributed by atoms with Gasteiger partial charge in [0.2, 0.25) is 0 Å². The number of furan rings is 1. The molecule has 0 saturated heterocycles. The van der Waals surface area contributed by atoms with Crippen LogP contribution in [0.3, 0.4) is 0 Å². The third-order valence-electron chi connectivity index (χ3n) is 4.28. The third-order valence-corrected chi connectivity index (χ3v) is 5.96. The second kappa shape index (κ2) is 7.80. The first kappa shape index (κ1) is 18.9. The van der Waals surface area contributed by atoms with Crippen molar-refractivity contribution in [1.29, 1.82) is 0 Å². The summed E-state index contributed by atoms with van der Waals surface area (Å²) in [5.74, 6) is -0.574. The van der Waals surface area contributed by atoms with Crippen LogP contribution in [0.15, 0.2) is 76.2 Å². The highest BCUT2D eigenvalue weighted by molar-refractivity contribution is 7.90. The molecule has 0 aliphatic carbocycles. The van der Waals surface area contributed by atoms with Crippen molar-refractivity contribution in [2.45, 2.75) is 24.1 Å². The Morgan fingerprint density at radius 3 is 2.33 bits per heavy atom. The first-order valence-electron chi connectivity index (χ1n) is 8.52. The molecular formula is C21H21NO4S. The summed E-state index contributed by atoms with van der Waals surface area (Å²) in [6.45, 7) is 2.41. The number of hydrogen-bond acceptors (Lipinski definition) is 4. The molecule has 1 aromatic heterocycles. The molecule has 0 unspecified atom stereocenters. The highest BCUT2D eigenvalue weighted by Crippen LogP contribution is 2.21. The quantitative estimate of drug-likeness (QED) is 0.649. The summed E-state index contributed by atoms with van der Waals surface area (Å²) >= 11 is 0. The zero-order valence-corrected chi connectivity index (χ0v) is 16.1. The van der Waals surface area contributed by atoms with Crippen molar-refractivity contribution in [3.8, 4) is 0 Å². The van der Waals surface area contributed by atoms with Crippen LogP contribution in [0.1, 0.15) is 27.2 Å². The maximum atomic E-state index is 12.8. The lowest BCUT2D eigenvalue weighted by molar-refractivity contribution is 0.0752. The SMILES string of the molecule is Cc1ccc(CN(C)C(=O)c2occc2CS(=O)(=O)c2ccccc2)cc1. The van der Waals surface area contributed by atoms with Crippen LogP contribution in [0.25, 0.3) is 0 Å². The highest BCUT2D eigenvalue weighted by Gasteiger charge is 2.24. The van der Waals surface area contributed by atoms with E-state index in [9.17, 15) is 13.2 Å². The number of carbonyl (C=O) groups is 1. The van der Waals surface area contributed by atoms with Gasteiger partial charge in [-0.15, -0.1) is 0 Å². The zero-order chi connectivity index (χ0) is 19.4. The summed E-state index contributed by atoms with van der Waals surface area (Å²) in [6.07, 6.45) is 1.35. The van der Waals surface area contributed by atoms with Crippen LogP contribution in [0, 0.1) is 6.92 Å². The Morgan fingerprint density at radius 2 is 1.67 bits per heavy atom. The summed E-state index contributed by atoms with van der Waals surface area (Å²) in [5, 5.41) is 0. The number of benzene rings is 2. The molecule has 0 spiro atoms. The standard InChI is InChI=1S/C21H21NO4S/c1-16-8-10-17(11-9-16)14-22(2)21(23)20-18(12-13-26-20)15-27(24,25)19-6-4-3-5-7-19/h3-13H,14-15H2,1-2H3. The van der Waals surface area contributed by atoms with Gasteiger partial charge in [-0.25, -0.2) is 8.42 Å². The average Bonchev–Trinajstić information content (AvgIpc) is 3.11. The molecule has 5 nitrogen and oxygen atoms in total. The molecule has 6 heteroatoms. The monoisotopic (exact) mass is 383 g/mol. The van der Waals surface area contributed by atoms with Crippen LogP contribution in [0.5, 0.6) is 0 Å². The van der Waals surface area contributed by atoms with Crippen molar-refractivity contribution < 1.29 is 17.6 Å². The minimum Gasteiger partial charge on any atom is -0.459 e. The van der Waals surface area contributed by atoms with E-state index in [-0.39, 0.29) is 22.3 Å². The minimum atomic E-state index is -3.56. The predicted molar refractivity (Wildman–Crippen MR) is 103 cm³/mol. The van der Waals surface area contributed by atoms with Gasteiger partial charge in [0, 0.05) is 19.2 Å². The van der Waals surface area contributed by atoms with Gasteiger partial charge < -0.3 is 9.32 Å². The third kappa shape index (κ3) is 4.46. The number of amides is 1. The van der Waals surface area contributed by atoms with Gasteiger partial charge in [0.05, 0.1) is 16.9 Å². The first-order valence-corrected chi connectivity index (χ1v) is 10.2. The molecule has 0 fully saturated rings. The van der Waals surface area contributed by atoms with E-state index in [1.54, 1.807) is 37.4 Å². The molecule has 27 heavy (non-hydrogen) atoms. The fraction of sp³-hybridized carbons (Fsp3) is 0.190. The predicted octanol–water partition coefficient (Wildman–Crippen LogP) is 3.83. The van der Waals surface area contributed by atoms with Crippen LogP contribution < -0.4 is 0 Å². The summed E-state index contributed by atoms with van der Waals surface area (Å²) in [4.78, 5) is 14.5. The van der Waals surface area contributed by atoms with Crippen molar-refractivity contribution in [3.05, 3.63) is 89.4 Å². The first-order chi connectivity index (χ1) is 12.9. The second-order valence-corrected chi connectivity index (χ2v) is 8.48. The molecular weight excluding hydrogens is 362 g/mol. The molecule has 3 aromatic rings. The van der Waals surface area contributed by atoms with E-state index in [1.165, 1.54) is 17.2 Å². The van der Waals surface area contributed by atoms with Crippen LogP contribution in [-0.2, 0) is 22.1 Å². The normalized spacial score (nSPS) is 11.3. The summed E-state index contributed by atoms with van der Waals surface area (Å²) < 4.78 is 30.5. The molecule has 0 aliphatic rings. The Bertz CT molecular complexity index is 1020. The van der Waals surface area contributed by atoms with Crippen molar-refractivity contribution in [2.24, 2.45) is 0 Å². The average molecular weight is 383 g/mol. The van der Waals surface area contributed by atoms with Gasteiger partial charge in [-0.3, -0.25) is 4.79 Å². The van der Waals surface area contributed by atoms with Gasteiger partial charge in [0.1, 0.15) is 0 Å². The summed E-state index contributed by atoms with van der Waals surface area (Å²) in [6, 6.07) is 17.6. The van der Waals surface area contributed by atoms with E-state index in [4.69, 9.17) is 4.42 Å². The smallest absolute Gasteiger partial charge is 0.289 e. The number of carbonyl (C=O) groups excluding carboxylic acids is 1. The Kier molecular flexibility index (Phi) is 5.46. The van der Waals surface area contributed by atoms with Crippen LogP contribution in [0.4, 0.5) is 0 Å².